The van der Waals surface area contributed by atoms with Gasteiger partial charge in [-0.2, -0.15) is 5.10 Å². The standard InChI is InChI=1S/C27H23F2N3O2/c1-18-2-4-19(5-3-18)14-15-31-25(33)17-34-27(31)24-16-32(23-12-10-22(29)11-13-23)30-26(24)20-6-8-21(28)9-7-20/h2-13,16,27H,14-15,17H2,1H3. The van der Waals surface area contributed by atoms with Gasteiger partial charge in [0.05, 0.1) is 5.69 Å². The molecular weight excluding hydrogens is 436 g/mol. The molecule has 1 unspecified atom stereocenters. The van der Waals surface area contributed by atoms with E-state index in [1.807, 2.05) is 6.92 Å². The maximum absolute atomic E-state index is 13.6. The summed E-state index contributed by atoms with van der Waals surface area (Å²) < 4.78 is 34.6. The fraction of sp³-hybridized carbons (Fsp3) is 0.185. The van der Waals surface area contributed by atoms with Gasteiger partial charge in [0.25, 0.3) is 5.91 Å². The normalized spacial score (nSPS) is 15.8. The number of aromatic nitrogens is 2. The number of aryl methyl sites for hydroxylation is 1. The van der Waals surface area contributed by atoms with Crippen LogP contribution in [0.3, 0.4) is 0 Å². The van der Waals surface area contributed by atoms with Crippen LogP contribution in [0.5, 0.6) is 0 Å². The van der Waals surface area contributed by atoms with E-state index >= 15 is 0 Å². The van der Waals surface area contributed by atoms with Crippen molar-refractivity contribution in [2.45, 2.75) is 19.6 Å². The molecule has 1 aromatic heterocycles. The van der Waals surface area contributed by atoms with Crippen molar-refractivity contribution in [3.05, 3.63) is 107 Å². The van der Waals surface area contributed by atoms with Crippen molar-refractivity contribution < 1.29 is 18.3 Å². The maximum Gasteiger partial charge on any atom is 0.250 e. The third-order valence-corrected chi connectivity index (χ3v) is 5.95. The number of nitrogens with zero attached hydrogens (tertiary/aromatic N) is 3. The predicted molar refractivity (Wildman–Crippen MR) is 124 cm³/mol. The molecule has 0 spiro atoms. The van der Waals surface area contributed by atoms with Crippen LogP contribution in [0.2, 0.25) is 0 Å². The number of amides is 1. The highest BCUT2D eigenvalue weighted by Gasteiger charge is 2.36. The number of rotatable bonds is 6. The van der Waals surface area contributed by atoms with Gasteiger partial charge in [-0.1, -0.05) is 29.8 Å². The minimum absolute atomic E-state index is 0.0247. The topological polar surface area (TPSA) is 47.4 Å². The zero-order valence-electron chi connectivity index (χ0n) is 18.6. The molecule has 1 aliphatic rings. The van der Waals surface area contributed by atoms with Crippen molar-refractivity contribution in [3.8, 4) is 16.9 Å². The molecular formula is C27H23F2N3O2. The Morgan fingerprint density at radius 1 is 0.941 bits per heavy atom. The largest absolute Gasteiger partial charge is 0.344 e. The lowest BCUT2D eigenvalue weighted by atomic mass is 10.1. The molecule has 1 aliphatic heterocycles. The molecule has 172 valence electrons. The van der Waals surface area contributed by atoms with E-state index in [2.05, 4.69) is 24.3 Å². The molecule has 0 radical (unpaired) electrons. The summed E-state index contributed by atoms with van der Waals surface area (Å²) in [6.45, 7) is 2.49. The maximum atomic E-state index is 13.6. The van der Waals surface area contributed by atoms with Crippen LogP contribution in [-0.2, 0) is 16.0 Å². The smallest absolute Gasteiger partial charge is 0.250 e. The van der Waals surface area contributed by atoms with Gasteiger partial charge >= 0.3 is 0 Å². The molecule has 1 atom stereocenters. The average molecular weight is 459 g/mol. The average Bonchev–Trinajstić information content (AvgIpc) is 3.43. The van der Waals surface area contributed by atoms with Crippen LogP contribution in [0.4, 0.5) is 8.78 Å². The first-order chi connectivity index (χ1) is 16.5. The third kappa shape index (κ3) is 4.47. The molecule has 1 fully saturated rings. The van der Waals surface area contributed by atoms with Gasteiger partial charge in [-0.05, 0) is 67.4 Å². The second-order valence-corrected chi connectivity index (χ2v) is 8.35. The first-order valence-corrected chi connectivity index (χ1v) is 11.1. The Bertz CT molecular complexity index is 1300. The van der Waals surface area contributed by atoms with Crippen LogP contribution in [0.15, 0.2) is 79.0 Å². The van der Waals surface area contributed by atoms with Crippen LogP contribution in [0, 0.1) is 18.6 Å². The molecule has 1 amide bonds. The van der Waals surface area contributed by atoms with Crippen LogP contribution in [0.25, 0.3) is 16.9 Å². The molecule has 0 N–H and O–H groups in total. The van der Waals surface area contributed by atoms with Crippen LogP contribution in [-0.4, -0.2) is 33.7 Å². The van der Waals surface area contributed by atoms with Gasteiger partial charge in [-0.25, -0.2) is 13.5 Å². The second-order valence-electron chi connectivity index (χ2n) is 8.35. The van der Waals surface area contributed by atoms with E-state index in [4.69, 9.17) is 9.84 Å². The summed E-state index contributed by atoms with van der Waals surface area (Å²) in [6.07, 6.45) is 1.84. The lowest BCUT2D eigenvalue weighted by Gasteiger charge is -2.23. The summed E-state index contributed by atoms with van der Waals surface area (Å²) in [4.78, 5) is 14.4. The molecule has 7 heteroatoms. The fourth-order valence-corrected chi connectivity index (χ4v) is 4.08. The quantitative estimate of drug-likeness (QED) is 0.397. The molecule has 2 heterocycles. The highest BCUT2D eigenvalue weighted by Crippen LogP contribution is 2.35. The summed E-state index contributed by atoms with van der Waals surface area (Å²) >= 11 is 0. The molecule has 0 bridgehead atoms. The number of carbonyl (C=O) groups is 1. The van der Waals surface area contributed by atoms with Gasteiger partial charge in [0.1, 0.15) is 23.9 Å². The first kappa shape index (κ1) is 22.0. The third-order valence-electron chi connectivity index (χ3n) is 5.95. The fourth-order valence-electron chi connectivity index (χ4n) is 4.08. The van der Waals surface area contributed by atoms with Crippen molar-refractivity contribution in [1.29, 1.82) is 0 Å². The van der Waals surface area contributed by atoms with Gasteiger partial charge in [0, 0.05) is 23.9 Å². The van der Waals surface area contributed by atoms with Crippen molar-refractivity contribution in [1.82, 2.24) is 14.7 Å². The Hall–Kier alpha value is -3.84. The van der Waals surface area contributed by atoms with E-state index in [9.17, 15) is 13.6 Å². The Balaban J connectivity index is 1.50. The van der Waals surface area contributed by atoms with E-state index in [1.54, 1.807) is 40.0 Å². The Kier molecular flexibility index (Phi) is 5.94. The Morgan fingerprint density at radius 2 is 1.59 bits per heavy atom. The number of carbonyl (C=O) groups excluding carboxylic acids is 1. The predicted octanol–water partition coefficient (Wildman–Crippen LogP) is 5.23. The number of halogens is 2. The van der Waals surface area contributed by atoms with Crippen LogP contribution >= 0.6 is 0 Å². The summed E-state index contributed by atoms with van der Waals surface area (Å²) in [5, 5.41) is 4.70. The Morgan fingerprint density at radius 3 is 2.26 bits per heavy atom. The number of benzene rings is 3. The van der Waals surface area contributed by atoms with Crippen molar-refractivity contribution in [2.24, 2.45) is 0 Å². The Labute approximate surface area is 196 Å². The van der Waals surface area contributed by atoms with Crippen molar-refractivity contribution in [2.75, 3.05) is 13.2 Å². The highest BCUT2D eigenvalue weighted by atomic mass is 19.1. The minimum Gasteiger partial charge on any atom is -0.344 e. The van der Waals surface area contributed by atoms with Crippen molar-refractivity contribution in [3.63, 3.8) is 0 Å². The zero-order chi connectivity index (χ0) is 23.7. The van der Waals surface area contributed by atoms with Gasteiger partial charge in [0.2, 0.25) is 0 Å². The SMILES string of the molecule is Cc1ccc(CCN2C(=O)COC2c2cn(-c3ccc(F)cc3)nc2-c2ccc(F)cc2)cc1. The summed E-state index contributed by atoms with van der Waals surface area (Å²) in [7, 11) is 0. The lowest BCUT2D eigenvalue weighted by Crippen LogP contribution is -2.30. The van der Waals surface area contributed by atoms with E-state index in [0.29, 0.717) is 35.5 Å². The number of hydrogen-bond donors (Lipinski definition) is 0. The molecule has 4 aromatic rings. The van der Waals surface area contributed by atoms with Gasteiger partial charge in [-0.15, -0.1) is 0 Å². The monoisotopic (exact) mass is 459 g/mol. The summed E-state index contributed by atoms with van der Waals surface area (Å²) in [5.41, 5.74) is 4.92. The first-order valence-electron chi connectivity index (χ1n) is 11.1. The minimum atomic E-state index is -0.632. The van der Waals surface area contributed by atoms with Gasteiger partial charge in [-0.3, -0.25) is 4.79 Å². The van der Waals surface area contributed by atoms with Gasteiger partial charge in [0.15, 0.2) is 6.23 Å². The second kappa shape index (κ2) is 9.19. The highest BCUT2D eigenvalue weighted by molar-refractivity contribution is 5.80. The number of hydrogen-bond acceptors (Lipinski definition) is 3. The molecule has 34 heavy (non-hydrogen) atoms. The summed E-state index contributed by atoms with van der Waals surface area (Å²) in [5.74, 6) is -0.797. The molecule has 5 nitrogen and oxygen atoms in total. The molecule has 3 aromatic carbocycles. The molecule has 5 rings (SSSR count). The molecule has 0 saturated carbocycles. The van der Waals surface area contributed by atoms with Gasteiger partial charge < -0.3 is 9.64 Å². The molecule has 1 saturated heterocycles. The van der Waals surface area contributed by atoms with Crippen LogP contribution < -0.4 is 0 Å². The number of ether oxygens (including phenoxy) is 1. The zero-order valence-corrected chi connectivity index (χ0v) is 18.6. The molecule has 0 aliphatic carbocycles. The van der Waals surface area contributed by atoms with Crippen molar-refractivity contribution >= 4 is 5.91 Å². The van der Waals surface area contributed by atoms with E-state index in [-0.39, 0.29) is 24.1 Å². The van der Waals surface area contributed by atoms with Crippen LogP contribution in [0.1, 0.15) is 22.9 Å². The summed E-state index contributed by atoms with van der Waals surface area (Å²) in [6, 6.07) is 20.2. The van der Waals surface area contributed by atoms with E-state index in [0.717, 1.165) is 5.56 Å². The van der Waals surface area contributed by atoms with E-state index < -0.39 is 6.23 Å². The lowest BCUT2D eigenvalue weighted by molar-refractivity contribution is -0.128. The van der Waals surface area contributed by atoms with E-state index in [1.165, 1.54) is 29.8 Å².